The first kappa shape index (κ1) is 16.7. The van der Waals surface area contributed by atoms with Gasteiger partial charge in [0.2, 0.25) is 6.19 Å². The molecule has 2 atom stereocenters. The van der Waals surface area contributed by atoms with Gasteiger partial charge in [0.15, 0.2) is 0 Å². The molecule has 3 aromatic heterocycles. The first-order chi connectivity index (χ1) is 13.5. The van der Waals surface area contributed by atoms with Crippen molar-refractivity contribution in [2.24, 2.45) is 5.92 Å². The fourth-order valence-corrected chi connectivity index (χ4v) is 4.08. The van der Waals surface area contributed by atoms with E-state index < -0.39 is 0 Å². The van der Waals surface area contributed by atoms with Crippen molar-refractivity contribution in [3.05, 3.63) is 46.6 Å². The maximum atomic E-state index is 13.5. The van der Waals surface area contributed by atoms with Crippen LogP contribution in [0, 0.1) is 17.4 Å². The lowest BCUT2D eigenvalue weighted by Crippen LogP contribution is -2.24. The van der Waals surface area contributed by atoms with Crippen molar-refractivity contribution in [2.45, 2.75) is 39.2 Å². The molecule has 28 heavy (non-hydrogen) atoms. The maximum absolute atomic E-state index is 13.5. The number of benzene rings is 1. The molecule has 1 saturated carbocycles. The summed E-state index contributed by atoms with van der Waals surface area (Å²) in [6.45, 7) is 6.11. The number of rotatable bonds is 3. The molecule has 0 bridgehead atoms. The summed E-state index contributed by atoms with van der Waals surface area (Å²) in [4.78, 5) is 18.0. The van der Waals surface area contributed by atoms with Crippen LogP contribution in [0.15, 0.2) is 35.4 Å². The molecule has 8 heteroatoms. The molecular formula is C20H19N7O. The number of imidazole rings is 1. The Bertz CT molecular complexity index is 1330. The average molecular weight is 373 g/mol. The number of nitriles is 1. The minimum atomic E-state index is -0.123. The molecule has 1 aliphatic rings. The largest absolute Gasteiger partial charge is 0.302 e. The minimum Gasteiger partial charge on any atom is -0.302 e. The van der Waals surface area contributed by atoms with Crippen LogP contribution in [0.1, 0.15) is 44.8 Å². The van der Waals surface area contributed by atoms with E-state index in [1.54, 1.807) is 10.9 Å². The molecule has 1 aliphatic carbocycles. The lowest BCUT2D eigenvalue weighted by atomic mass is 10.1. The van der Waals surface area contributed by atoms with Gasteiger partial charge in [0.05, 0.1) is 16.7 Å². The Morgan fingerprint density at radius 2 is 1.93 bits per heavy atom. The molecule has 0 N–H and O–H groups in total. The topological polar surface area (TPSA) is 93.8 Å². The van der Waals surface area contributed by atoms with E-state index in [-0.39, 0.29) is 17.5 Å². The van der Waals surface area contributed by atoms with Crippen molar-refractivity contribution in [1.29, 1.82) is 5.26 Å². The van der Waals surface area contributed by atoms with Crippen LogP contribution < -0.4 is 5.56 Å². The van der Waals surface area contributed by atoms with Gasteiger partial charge in [-0.1, -0.05) is 24.3 Å². The Balaban J connectivity index is 1.89. The van der Waals surface area contributed by atoms with E-state index in [1.165, 1.54) is 4.68 Å². The van der Waals surface area contributed by atoms with Crippen molar-refractivity contribution in [2.75, 3.05) is 0 Å². The van der Waals surface area contributed by atoms with E-state index in [9.17, 15) is 10.1 Å². The monoisotopic (exact) mass is 373 g/mol. The molecule has 140 valence electrons. The van der Waals surface area contributed by atoms with Gasteiger partial charge in [-0.25, -0.2) is 4.98 Å². The quantitative estimate of drug-likeness (QED) is 0.550. The summed E-state index contributed by atoms with van der Waals surface area (Å²) in [6, 6.07) is 7.78. The highest BCUT2D eigenvalue weighted by molar-refractivity contribution is 5.85. The number of aromatic nitrogens is 6. The van der Waals surface area contributed by atoms with E-state index >= 15 is 0 Å². The van der Waals surface area contributed by atoms with E-state index in [0.29, 0.717) is 22.8 Å². The second-order valence-electron chi connectivity index (χ2n) is 7.72. The van der Waals surface area contributed by atoms with Crippen molar-refractivity contribution in [3.8, 4) is 17.6 Å². The molecule has 1 fully saturated rings. The standard InChI is InChI=1S/C20H19N7O/c1-11(2)27-15-7-5-4-6-14(15)25-10-22-16(19(25)20(27)28)17-18(13-8-12(13)3)26(9-21)24-23-17/h4-7,10-13H,8H2,1-3H3. The Morgan fingerprint density at radius 1 is 1.21 bits per heavy atom. The zero-order valence-electron chi connectivity index (χ0n) is 15.9. The zero-order valence-corrected chi connectivity index (χ0v) is 15.9. The summed E-state index contributed by atoms with van der Waals surface area (Å²) in [7, 11) is 0. The van der Waals surface area contributed by atoms with Crippen molar-refractivity contribution >= 4 is 16.6 Å². The molecule has 5 rings (SSSR count). The summed E-state index contributed by atoms with van der Waals surface area (Å²) in [5.41, 5.74) is 3.87. The van der Waals surface area contributed by atoms with Crippen molar-refractivity contribution < 1.29 is 0 Å². The fraction of sp³-hybridized carbons (Fsp3) is 0.350. The van der Waals surface area contributed by atoms with Crippen LogP contribution >= 0.6 is 0 Å². The fourth-order valence-electron chi connectivity index (χ4n) is 4.08. The number of nitrogens with zero attached hydrogens (tertiary/aromatic N) is 7. The molecule has 1 aromatic carbocycles. The molecule has 4 aromatic rings. The Hall–Kier alpha value is -3.47. The third-order valence-corrected chi connectivity index (χ3v) is 5.59. The molecule has 2 unspecified atom stereocenters. The van der Waals surface area contributed by atoms with E-state index in [4.69, 9.17) is 0 Å². The summed E-state index contributed by atoms with van der Waals surface area (Å²) in [5.74, 6) is 0.681. The van der Waals surface area contributed by atoms with Gasteiger partial charge >= 0.3 is 0 Å². The van der Waals surface area contributed by atoms with Crippen LogP contribution in [0.5, 0.6) is 0 Å². The highest BCUT2D eigenvalue weighted by atomic mass is 16.1. The summed E-state index contributed by atoms with van der Waals surface area (Å²) < 4.78 is 4.86. The number of hydrogen-bond donors (Lipinski definition) is 0. The lowest BCUT2D eigenvalue weighted by Gasteiger charge is -2.15. The molecule has 0 spiro atoms. The van der Waals surface area contributed by atoms with Crippen molar-refractivity contribution in [1.82, 2.24) is 28.9 Å². The first-order valence-electron chi connectivity index (χ1n) is 9.39. The van der Waals surface area contributed by atoms with Gasteiger partial charge in [0, 0.05) is 12.0 Å². The minimum absolute atomic E-state index is 0.0112. The second-order valence-corrected chi connectivity index (χ2v) is 7.72. The Labute approximate surface area is 160 Å². The Morgan fingerprint density at radius 3 is 2.57 bits per heavy atom. The number of hydrogen-bond acceptors (Lipinski definition) is 5. The van der Waals surface area contributed by atoms with Gasteiger partial charge in [-0.05, 0) is 38.3 Å². The van der Waals surface area contributed by atoms with Crippen LogP contribution in [0.2, 0.25) is 0 Å². The normalized spacial score (nSPS) is 18.8. The molecule has 3 heterocycles. The van der Waals surface area contributed by atoms with Gasteiger partial charge in [0.25, 0.3) is 5.56 Å². The SMILES string of the molecule is CC1CC1c1c(-c2ncn3c2c(=O)n(C(C)C)c2ccccc23)nnn1C#N. The highest BCUT2D eigenvalue weighted by Crippen LogP contribution is 2.49. The highest BCUT2D eigenvalue weighted by Gasteiger charge is 2.40. The van der Waals surface area contributed by atoms with Gasteiger partial charge in [-0.3, -0.25) is 9.20 Å². The third-order valence-electron chi connectivity index (χ3n) is 5.59. The van der Waals surface area contributed by atoms with E-state index in [0.717, 1.165) is 23.1 Å². The molecule has 0 saturated heterocycles. The summed E-state index contributed by atoms with van der Waals surface area (Å²) >= 11 is 0. The molecule has 8 nitrogen and oxygen atoms in total. The third kappa shape index (κ3) is 2.16. The van der Waals surface area contributed by atoms with Crippen LogP contribution in [0.25, 0.3) is 27.9 Å². The van der Waals surface area contributed by atoms with E-state index in [2.05, 4.69) is 28.4 Å². The van der Waals surface area contributed by atoms with Crippen LogP contribution in [-0.2, 0) is 0 Å². The first-order valence-corrected chi connectivity index (χ1v) is 9.39. The maximum Gasteiger partial charge on any atom is 0.277 e. The molecule has 0 aliphatic heterocycles. The second kappa shape index (κ2) is 5.76. The predicted octanol–water partition coefficient (Wildman–Crippen LogP) is 2.94. The van der Waals surface area contributed by atoms with Gasteiger partial charge in [0.1, 0.15) is 23.2 Å². The Kier molecular flexibility index (Phi) is 3.43. The van der Waals surface area contributed by atoms with Crippen LogP contribution in [0.3, 0.4) is 0 Å². The summed E-state index contributed by atoms with van der Waals surface area (Å²) in [6.07, 6.45) is 4.70. The van der Waals surface area contributed by atoms with Gasteiger partial charge < -0.3 is 4.57 Å². The average Bonchev–Trinajstić information content (AvgIpc) is 3.09. The van der Waals surface area contributed by atoms with E-state index in [1.807, 2.05) is 42.5 Å². The smallest absolute Gasteiger partial charge is 0.277 e. The van der Waals surface area contributed by atoms with Crippen LogP contribution in [0.4, 0.5) is 0 Å². The van der Waals surface area contributed by atoms with Gasteiger partial charge in [-0.15, -0.1) is 9.78 Å². The van der Waals surface area contributed by atoms with Gasteiger partial charge in [-0.2, -0.15) is 5.26 Å². The zero-order chi connectivity index (χ0) is 19.6. The number of para-hydroxylation sites is 2. The molecule has 0 amide bonds. The molecule has 0 radical (unpaired) electrons. The number of fused-ring (bicyclic) bond motifs is 3. The van der Waals surface area contributed by atoms with Crippen LogP contribution in [-0.4, -0.2) is 28.9 Å². The summed E-state index contributed by atoms with van der Waals surface area (Å²) in [5, 5.41) is 17.7. The molecular weight excluding hydrogens is 354 g/mol. The predicted molar refractivity (Wildman–Crippen MR) is 104 cm³/mol. The lowest BCUT2D eigenvalue weighted by molar-refractivity contribution is 0.601. The van der Waals surface area contributed by atoms with Crippen molar-refractivity contribution in [3.63, 3.8) is 0 Å².